The van der Waals surface area contributed by atoms with Crippen LogP contribution in [0.2, 0.25) is 0 Å². The number of hydrogen-bond acceptors (Lipinski definition) is 7. The number of urea groups is 1. The van der Waals surface area contributed by atoms with Gasteiger partial charge in [0.25, 0.3) is 0 Å². The Morgan fingerprint density at radius 2 is 1.73 bits per heavy atom. The van der Waals surface area contributed by atoms with Gasteiger partial charge in [0.15, 0.2) is 0 Å². The first-order chi connectivity index (χ1) is 19.8. The highest BCUT2D eigenvalue weighted by atomic mass is 19.1. The summed E-state index contributed by atoms with van der Waals surface area (Å²) in [6.45, 7) is 5.76. The molecule has 220 valence electrons. The molecule has 41 heavy (non-hydrogen) atoms. The number of ether oxygens (including phenoxy) is 3. The van der Waals surface area contributed by atoms with Crippen molar-refractivity contribution in [3.63, 3.8) is 0 Å². The highest BCUT2D eigenvalue weighted by molar-refractivity contribution is 5.93. The van der Waals surface area contributed by atoms with Crippen molar-refractivity contribution in [3.8, 4) is 11.5 Å². The van der Waals surface area contributed by atoms with Crippen molar-refractivity contribution in [2.24, 2.45) is 0 Å². The molecule has 1 aliphatic heterocycles. The first-order valence-corrected chi connectivity index (χ1v) is 13.5. The van der Waals surface area contributed by atoms with E-state index in [1.807, 2.05) is 19.1 Å². The molecule has 3 amide bonds. The van der Waals surface area contributed by atoms with Crippen molar-refractivity contribution in [1.82, 2.24) is 14.7 Å². The Balaban J connectivity index is 1.53. The van der Waals surface area contributed by atoms with Crippen LogP contribution in [0.1, 0.15) is 17.1 Å². The Morgan fingerprint density at radius 1 is 0.976 bits per heavy atom. The van der Waals surface area contributed by atoms with E-state index in [-0.39, 0.29) is 31.4 Å². The number of amides is 3. The van der Waals surface area contributed by atoms with E-state index in [9.17, 15) is 14.0 Å². The lowest BCUT2D eigenvalue weighted by atomic mass is 10.2. The fourth-order valence-electron chi connectivity index (χ4n) is 4.50. The predicted octanol–water partition coefficient (Wildman–Crippen LogP) is 4.14. The molecule has 1 N–H and O–H groups in total. The molecule has 0 atom stereocenters. The Hall–Kier alpha value is -4.09. The zero-order valence-corrected chi connectivity index (χ0v) is 23.7. The molecule has 1 aliphatic rings. The Kier molecular flexibility index (Phi) is 10.6. The average molecular weight is 569 g/mol. The number of carbonyl (C=O) groups is 2. The third-order valence-corrected chi connectivity index (χ3v) is 6.84. The molecule has 2 heterocycles. The van der Waals surface area contributed by atoms with E-state index < -0.39 is 6.03 Å². The molecule has 1 fully saturated rings. The summed E-state index contributed by atoms with van der Waals surface area (Å²) in [7, 11) is 3.06. The van der Waals surface area contributed by atoms with Gasteiger partial charge in [0, 0.05) is 38.8 Å². The summed E-state index contributed by atoms with van der Waals surface area (Å²) in [5.74, 6) is 1.74. The standard InChI is InChI=1S/C30H37FN4O6/c1-22-4-9-26(41-22)20-35(19-23-5-7-24(31)8-6-23)29(36)21-34(13-12-33-14-16-40-17-15-33)30(37)32-27-11-10-25(38-2)18-28(27)39-3/h4-11,18H,12-17,19-21H2,1-3H3,(H,32,37). The van der Waals surface area contributed by atoms with Gasteiger partial charge in [-0.1, -0.05) is 12.1 Å². The molecular formula is C30H37FN4O6. The molecule has 4 rings (SSSR count). The predicted molar refractivity (Wildman–Crippen MR) is 151 cm³/mol. The van der Waals surface area contributed by atoms with Gasteiger partial charge in [-0.05, 0) is 48.9 Å². The van der Waals surface area contributed by atoms with Gasteiger partial charge in [-0.15, -0.1) is 0 Å². The molecule has 1 aromatic heterocycles. The van der Waals surface area contributed by atoms with Crippen LogP contribution < -0.4 is 14.8 Å². The number of aryl methyl sites for hydroxylation is 1. The lowest BCUT2D eigenvalue weighted by molar-refractivity contribution is -0.133. The largest absolute Gasteiger partial charge is 0.497 e. The number of nitrogens with zero attached hydrogens (tertiary/aromatic N) is 3. The second kappa shape index (κ2) is 14.5. The monoisotopic (exact) mass is 568 g/mol. The van der Waals surface area contributed by atoms with Crippen molar-refractivity contribution in [1.29, 1.82) is 0 Å². The summed E-state index contributed by atoms with van der Waals surface area (Å²) in [4.78, 5) is 32.6. The molecule has 0 bridgehead atoms. The maximum absolute atomic E-state index is 13.8. The summed E-state index contributed by atoms with van der Waals surface area (Å²) in [5.41, 5.74) is 1.21. The van der Waals surface area contributed by atoms with Gasteiger partial charge in [0.1, 0.15) is 35.4 Å². The van der Waals surface area contributed by atoms with Gasteiger partial charge in [0.05, 0.1) is 39.7 Å². The summed E-state index contributed by atoms with van der Waals surface area (Å²) in [5, 5.41) is 2.89. The zero-order valence-electron chi connectivity index (χ0n) is 23.7. The second-order valence-corrected chi connectivity index (χ2v) is 9.76. The van der Waals surface area contributed by atoms with Gasteiger partial charge in [0.2, 0.25) is 5.91 Å². The third kappa shape index (κ3) is 8.70. The number of morpholine rings is 1. The average Bonchev–Trinajstić information content (AvgIpc) is 3.40. The second-order valence-electron chi connectivity index (χ2n) is 9.76. The number of benzene rings is 2. The Morgan fingerprint density at radius 3 is 2.39 bits per heavy atom. The van der Waals surface area contributed by atoms with Crippen LogP contribution in [0.5, 0.6) is 11.5 Å². The first-order valence-electron chi connectivity index (χ1n) is 13.5. The molecule has 2 aromatic carbocycles. The van der Waals surface area contributed by atoms with Crippen molar-refractivity contribution in [2.75, 3.05) is 65.5 Å². The quantitative estimate of drug-likeness (QED) is 0.351. The fraction of sp³-hybridized carbons (Fsp3) is 0.400. The maximum atomic E-state index is 13.8. The Labute approximate surface area is 239 Å². The molecular weight excluding hydrogens is 531 g/mol. The lowest BCUT2D eigenvalue weighted by Gasteiger charge is -2.31. The van der Waals surface area contributed by atoms with Gasteiger partial charge < -0.3 is 33.7 Å². The lowest BCUT2D eigenvalue weighted by Crippen LogP contribution is -2.48. The summed E-state index contributed by atoms with van der Waals surface area (Å²) < 4.78 is 35.4. The van der Waals surface area contributed by atoms with E-state index in [0.29, 0.717) is 49.2 Å². The normalized spacial score (nSPS) is 13.5. The molecule has 0 radical (unpaired) electrons. The molecule has 0 unspecified atom stereocenters. The van der Waals surface area contributed by atoms with E-state index >= 15 is 0 Å². The van der Waals surface area contributed by atoms with E-state index in [0.717, 1.165) is 24.4 Å². The molecule has 0 spiro atoms. The SMILES string of the molecule is COc1ccc(NC(=O)N(CCN2CCOCC2)CC(=O)N(Cc2ccc(F)cc2)Cc2ccc(C)o2)c(OC)c1. The van der Waals surface area contributed by atoms with Crippen LogP contribution in [0.4, 0.5) is 14.9 Å². The van der Waals surface area contributed by atoms with Crippen molar-refractivity contribution in [3.05, 3.63) is 77.5 Å². The number of anilines is 1. The number of furan rings is 1. The number of nitrogens with one attached hydrogen (secondary N) is 1. The number of methoxy groups -OCH3 is 2. The van der Waals surface area contributed by atoms with Crippen LogP contribution in [0.3, 0.4) is 0 Å². The third-order valence-electron chi connectivity index (χ3n) is 6.84. The fourth-order valence-corrected chi connectivity index (χ4v) is 4.50. The summed E-state index contributed by atoms with van der Waals surface area (Å²) in [6, 6.07) is 14.3. The molecule has 0 aliphatic carbocycles. The highest BCUT2D eigenvalue weighted by Gasteiger charge is 2.25. The molecule has 11 heteroatoms. The summed E-state index contributed by atoms with van der Waals surface area (Å²) >= 11 is 0. The molecule has 10 nitrogen and oxygen atoms in total. The summed E-state index contributed by atoms with van der Waals surface area (Å²) in [6.07, 6.45) is 0. The number of halogens is 1. The molecule has 1 saturated heterocycles. The number of hydrogen-bond donors (Lipinski definition) is 1. The van der Waals surface area contributed by atoms with Crippen LogP contribution >= 0.6 is 0 Å². The minimum absolute atomic E-state index is 0.171. The van der Waals surface area contributed by atoms with Crippen LogP contribution in [0, 0.1) is 12.7 Å². The van der Waals surface area contributed by atoms with Crippen molar-refractivity contribution >= 4 is 17.6 Å². The van der Waals surface area contributed by atoms with Gasteiger partial charge in [-0.2, -0.15) is 0 Å². The van der Waals surface area contributed by atoms with E-state index in [4.69, 9.17) is 18.6 Å². The van der Waals surface area contributed by atoms with Crippen molar-refractivity contribution in [2.45, 2.75) is 20.0 Å². The van der Waals surface area contributed by atoms with Gasteiger partial charge in [-0.3, -0.25) is 9.69 Å². The minimum atomic E-state index is -0.439. The smallest absolute Gasteiger partial charge is 0.322 e. The molecule has 3 aromatic rings. The topological polar surface area (TPSA) is 96.7 Å². The molecule has 0 saturated carbocycles. The van der Waals surface area contributed by atoms with Gasteiger partial charge >= 0.3 is 6.03 Å². The van der Waals surface area contributed by atoms with Gasteiger partial charge in [-0.25, -0.2) is 9.18 Å². The minimum Gasteiger partial charge on any atom is -0.497 e. The maximum Gasteiger partial charge on any atom is 0.322 e. The Bertz CT molecular complexity index is 1290. The number of carbonyl (C=O) groups excluding carboxylic acids is 2. The van der Waals surface area contributed by atoms with Crippen LogP contribution in [0.15, 0.2) is 59.0 Å². The highest BCUT2D eigenvalue weighted by Crippen LogP contribution is 2.29. The number of rotatable bonds is 12. The van der Waals surface area contributed by atoms with Crippen LogP contribution in [-0.2, 0) is 22.6 Å². The van der Waals surface area contributed by atoms with Crippen LogP contribution in [-0.4, -0.2) is 86.8 Å². The van der Waals surface area contributed by atoms with Crippen LogP contribution in [0.25, 0.3) is 0 Å². The zero-order chi connectivity index (χ0) is 29.2. The van der Waals surface area contributed by atoms with E-state index in [2.05, 4.69) is 10.2 Å². The van der Waals surface area contributed by atoms with E-state index in [1.165, 1.54) is 24.1 Å². The first kappa shape index (κ1) is 29.9. The van der Waals surface area contributed by atoms with E-state index in [1.54, 1.807) is 42.3 Å². The van der Waals surface area contributed by atoms with Crippen molar-refractivity contribution < 1.29 is 32.6 Å².